The Morgan fingerprint density at radius 2 is 2.05 bits per heavy atom. The van der Waals surface area contributed by atoms with Crippen LogP contribution in [0.3, 0.4) is 0 Å². The molecule has 0 bridgehead atoms. The number of methoxy groups -OCH3 is 1. The molecule has 1 amide bonds. The van der Waals surface area contributed by atoms with Crippen molar-refractivity contribution in [3.63, 3.8) is 0 Å². The first-order valence-corrected chi connectivity index (χ1v) is 6.38. The van der Waals surface area contributed by atoms with Gasteiger partial charge in [-0.2, -0.15) is 0 Å². The van der Waals surface area contributed by atoms with Crippen molar-refractivity contribution in [2.75, 3.05) is 33.4 Å². The number of carbonyl (C=O) groups excluding carboxylic acids is 1. The van der Waals surface area contributed by atoms with Gasteiger partial charge in [-0.1, -0.05) is 18.2 Å². The van der Waals surface area contributed by atoms with Crippen molar-refractivity contribution < 1.29 is 19.4 Å². The average molecular weight is 280 g/mol. The van der Waals surface area contributed by atoms with Crippen LogP contribution in [0.1, 0.15) is 15.9 Å². The summed E-state index contributed by atoms with van der Waals surface area (Å²) in [6.45, 7) is 0.608. The number of ether oxygens (including phenoxy) is 1. The van der Waals surface area contributed by atoms with Gasteiger partial charge in [0.05, 0.1) is 6.61 Å². The molecule has 0 spiro atoms. The lowest BCUT2D eigenvalue weighted by Crippen LogP contribution is -2.38. The third-order valence-corrected chi connectivity index (χ3v) is 2.84. The van der Waals surface area contributed by atoms with Crippen molar-refractivity contribution in [3.8, 4) is 0 Å². The van der Waals surface area contributed by atoms with Crippen LogP contribution in [-0.4, -0.2) is 55.2 Å². The van der Waals surface area contributed by atoms with Gasteiger partial charge >= 0.3 is 5.97 Å². The van der Waals surface area contributed by atoms with Gasteiger partial charge in [0.2, 0.25) is 0 Å². The molecule has 0 fully saturated rings. The molecule has 0 aliphatic carbocycles. The minimum absolute atomic E-state index is 0.235. The fourth-order valence-electron chi connectivity index (χ4n) is 1.89. The summed E-state index contributed by atoms with van der Waals surface area (Å²) in [5.41, 5.74) is 6.85. The van der Waals surface area contributed by atoms with Crippen molar-refractivity contribution in [2.45, 2.75) is 6.42 Å². The van der Waals surface area contributed by atoms with Crippen LogP contribution in [0.2, 0.25) is 0 Å². The van der Waals surface area contributed by atoms with Crippen LogP contribution in [-0.2, 0) is 16.0 Å². The van der Waals surface area contributed by atoms with E-state index in [9.17, 15) is 9.59 Å². The number of aliphatic carboxylic acids is 1. The average Bonchev–Trinajstić information content (AvgIpc) is 2.43. The molecular weight excluding hydrogens is 260 g/mol. The van der Waals surface area contributed by atoms with Crippen LogP contribution in [0.4, 0.5) is 0 Å². The summed E-state index contributed by atoms with van der Waals surface area (Å²) in [7, 11) is 1.51. The van der Waals surface area contributed by atoms with Crippen molar-refractivity contribution in [3.05, 3.63) is 35.4 Å². The van der Waals surface area contributed by atoms with E-state index in [0.29, 0.717) is 18.5 Å². The van der Waals surface area contributed by atoms with Gasteiger partial charge in [0, 0.05) is 19.2 Å². The molecule has 0 saturated carbocycles. The first kappa shape index (κ1) is 16.1. The standard InChI is InChI=1S/C14H20N2O4/c1-20-9-8-16(10-13(17)18)14(19)12-5-3-2-4-11(12)6-7-15/h2-5H,6-10,15H2,1H3,(H,17,18). The first-order valence-electron chi connectivity index (χ1n) is 6.38. The van der Waals surface area contributed by atoms with E-state index in [1.807, 2.05) is 12.1 Å². The van der Waals surface area contributed by atoms with E-state index >= 15 is 0 Å². The molecule has 0 radical (unpaired) electrons. The Labute approximate surface area is 118 Å². The predicted molar refractivity (Wildman–Crippen MR) is 74.6 cm³/mol. The lowest BCUT2D eigenvalue weighted by Gasteiger charge is -2.21. The number of nitrogens with two attached hydrogens (primary N) is 1. The van der Waals surface area contributed by atoms with E-state index in [0.717, 1.165) is 5.56 Å². The fourth-order valence-corrected chi connectivity index (χ4v) is 1.89. The highest BCUT2D eigenvalue weighted by molar-refractivity contribution is 5.97. The quantitative estimate of drug-likeness (QED) is 0.717. The van der Waals surface area contributed by atoms with Crippen molar-refractivity contribution in [1.82, 2.24) is 4.90 Å². The third kappa shape index (κ3) is 4.64. The number of carboxylic acid groups (broad SMARTS) is 1. The van der Waals surface area contributed by atoms with E-state index in [1.165, 1.54) is 12.0 Å². The topological polar surface area (TPSA) is 92.9 Å². The molecule has 0 aliphatic heterocycles. The van der Waals surface area contributed by atoms with Gasteiger partial charge in [-0.05, 0) is 24.6 Å². The largest absolute Gasteiger partial charge is 0.480 e. The maximum absolute atomic E-state index is 12.4. The SMILES string of the molecule is COCCN(CC(=O)O)C(=O)c1ccccc1CCN. The number of hydrogen-bond acceptors (Lipinski definition) is 4. The van der Waals surface area contributed by atoms with Gasteiger partial charge in [-0.25, -0.2) is 0 Å². The first-order chi connectivity index (χ1) is 9.60. The highest BCUT2D eigenvalue weighted by Crippen LogP contribution is 2.12. The molecule has 6 heteroatoms. The summed E-state index contributed by atoms with van der Waals surface area (Å²) in [6, 6.07) is 7.10. The van der Waals surface area contributed by atoms with Crippen LogP contribution in [0.25, 0.3) is 0 Å². The van der Waals surface area contributed by atoms with Crippen molar-refractivity contribution >= 4 is 11.9 Å². The van der Waals surface area contributed by atoms with E-state index in [2.05, 4.69) is 0 Å². The molecule has 1 rings (SSSR count). The van der Waals surface area contributed by atoms with Gasteiger partial charge in [0.25, 0.3) is 5.91 Å². The van der Waals surface area contributed by atoms with Crippen molar-refractivity contribution in [2.24, 2.45) is 5.73 Å². The maximum Gasteiger partial charge on any atom is 0.323 e. The zero-order chi connectivity index (χ0) is 15.0. The molecule has 6 nitrogen and oxygen atoms in total. The molecule has 1 aromatic carbocycles. The molecule has 0 aromatic heterocycles. The second-order valence-corrected chi connectivity index (χ2v) is 4.31. The fraction of sp³-hybridized carbons (Fsp3) is 0.429. The number of nitrogens with zero attached hydrogens (tertiary/aromatic N) is 1. The monoisotopic (exact) mass is 280 g/mol. The van der Waals surface area contributed by atoms with E-state index in [-0.39, 0.29) is 25.6 Å². The Balaban J connectivity index is 2.95. The predicted octanol–water partition coefficient (Wildman–Crippen LogP) is 0.361. The van der Waals surface area contributed by atoms with Crippen molar-refractivity contribution in [1.29, 1.82) is 0 Å². The van der Waals surface area contributed by atoms with E-state index in [4.69, 9.17) is 15.6 Å². The molecule has 20 heavy (non-hydrogen) atoms. The Hall–Kier alpha value is -1.92. The van der Waals surface area contributed by atoms with Gasteiger partial charge in [0.1, 0.15) is 6.54 Å². The lowest BCUT2D eigenvalue weighted by atomic mass is 10.0. The minimum atomic E-state index is -1.05. The highest BCUT2D eigenvalue weighted by Gasteiger charge is 2.20. The smallest absolute Gasteiger partial charge is 0.323 e. The number of benzene rings is 1. The van der Waals surface area contributed by atoms with Gasteiger partial charge < -0.3 is 20.5 Å². The van der Waals surface area contributed by atoms with E-state index in [1.54, 1.807) is 12.1 Å². The molecule has 0 atom stereocenters. The number of carbonyl (C=O) groups is 2. The summed E-state index contributed by atoms with van der Waals surface area (Å²) in [5, 5.41) is 8.90. The second-order valence-electron chi connectivity index (χ2n) is 4.31. The Kier molecular flexibility index (Phi) is 6.69. The summed E-state index contributed by atoms with van der Waals surface area (Å²) >= 11 is 0. The summed E-state index contributed by atoms with van der Waals surface area (Å²) in [4.78, 5) is 24.6. The number of rotatable bonds is 8. The Bertz CT molecular complexity index is 462. The molecule has 0 heterocycles. The maximum atomic E-state index is 12.4. The Morgan fingerprint density at radius 3 is 2.65 bits per heavy atom. The third-order valence-electron chi connectivity index (χ3n) is 2.84. The second kappa shape index (κ2) is 8.29. The zero-order valence-corrected chi connectivity index (χ0v) is 11.5. The molecule has 0 aliphatic rings. The molecule has 1 aromatic rings. The molecule has 0 saturated heterocycles. The molecule has 110 valence electrons. The summed E-state index contributed by atoms with van der Waals surface area (Å²) in [6.07, 6.45) is 0.576. The zero-order valence-electron chi connectivity index (χ0n) is 11.5. The highest BCUT2D eigenvalue weighted by atomic mass is 16.5. The molecular formula is C14H20N2O4. The number of amides is 1. The van der Waals surface area contributed by atoms with E-state index < -0.39 is 5.97 Å². The van der Waals surface area contributed by atoms with Crippen LogP contribution in [0, 0.1) is 0 Å². The minimum Gasteiger partial charge on any atom is -0.480 e. The summed E-state index contributed by atoms with van der Waals surface area (Å²) < 4.78 is 4.91. The molecule has 3 N–H and O–H groups in total. The van der Waals surface area contributed by atoms with Crippen LogP contribution < -0.4 is 5.73 Å². The van der Waals surface area contributed by atoms with Crippen LogP contribution in [0.5, 0.6) is 0 Å². The lowest BCUT2D eigenvalue weighted by molar-refractivity contribution is -0.137. The van der Waals surface area contributed by atoms with Crippen LogP contribution >= 0.6 is 0 Å². The van der Waals surface area contributed by atoms with Gasteiger partial charge in [-0.3, -0.25) is 9.59 Å². The van der Waals surface area contributed by atoms with Crippen LogP contribution in [0.15, 0.2) is 24.3 Å². The van der Waals surface area contributed by atoms with Gasteiger partial charge in [0.15, 0.2) is 0 Å². The number of hydrogen-bond donors (Lipinski definition) is 2. The normalized spacial score (nSPS) is 10.3. The molecule has 0 unspecified atom stereocenters. The van der Waals surface area contributed by atoms with Gasteiger partial charge in [-0.15, -0.1) is 0 Å². The number of carboxylic acids is 1. The Morgan fingerprint density at radius 1 is 1.35 bits per heavy atom. The summed E-state index contributed by atoms with van der Waals surface area (Å²) in [5.74, 6) is -1.36.